The molecule has 0 aliphatic carbocycles. The number of amides is 1. The Hall–Kier alpha value is -2.08. The number of aromatic nitrogens is 2. The van der Waals surface area contributed by atoms with Crippen molar-refractivity contribution >= 4 is 32.8 Å². The van der Waals surface area contributed by atoms with E-state index in [1.165, 1.54) is 0 Å². The first kappa shape index (κ1) is 12.9. The van der Waals surface area contributed by atoms with E-state index in [2.05, 4.69) is 31.2 Å². The molecule has 20 heavy (non-hydrogen) atoms. The number of imidazole rings is 1. The summed E-state index contributed by atoms with van der Waals surface area (Å²) in [5, 5.41) is 3.66. The molecule has 3 rings (SSSR count). The smallest absolute Gasteiger partial charge is 0.287 e. The fourth-order valence-corrected chi connectivity index (χ4v) is 2.68. The molecular formula is C14H12BrN3O2. The van der Waals surface area contributed by atoms with Crippen molar-refractivity contribution in [3.8, 4) is 0 Å². The van der Waals surface area contributed by atoms with Crippen LogP contribution in [-0.2, 0) is 6.54 Å². The molecule has 6 heteroatoms. The first-order valence-corrected chi connectivity index (χ1v) is 6.89. The molecule has 0 spiro atoms. The number of aryl methyl sites for hydroxylation is 1. The fourth-order valence-electron chi connectivity index (χ4n) is 2.01. The number of aromatic amines is 1. The molecule has 1 aromatic carbocycles. The van der Waals surface area contributed by atoms with Crippen LogP contribution < -0.4 is 5.32 Å². The zero-order valence-electron chi connectivity index (χ0n) is 10.7. The lowest BCUT2D eigenvalue weighted by Gasteiger charge is -1.99. The average Bonchev–Trinajstić information content (AvgIpc) is 3.04. The Morgan fingerprint density at radius 1 is 1.45 bits per heavy atom. The number of hydrogen-bond acceptors (Lipinski definition) is 3. The zero-order chi connectivity index (χ0) is 14.1. The fraction of sp³-hybridized carbons (Fsp3) is 0.143. The summed E-state index contributed by atoms with van der Waals surface area (Å²) in [7, 11) is 0. The minimum Gasteiger partial charge on any atom is -0.450 e. The molecule has 1 amide bonds. The number of carbonyl (C=O) groups is 1. The normalized spacial score (nSPS) is 10.9. The van der Waals surface area contributed by atoms with E-state index in [1.807, 2.05) is 19.1 Å². The molecule has 0 saturated carbocycles. The Labute approximate surface area is 123 Å². The molecule has 0 bridgehead atoms. The molecule has 3 aromatic rings. The van der Waals surface area contributed by atoms with Crippen LogP contribution in [0.2, 0.25) is 0 Å². The quantitative estimate of drug-likeness (QED) is 0.773. The van der Waals surface area contributed by atoms with Gasteiger partial charge in [0.25, 0.3) is 5.91 Å². The Bertz CT molecular complexity index is 762. The van der Waals surface area contributed by atoms with Crippen LogP contribution in [0.5, 0.6) is 0 Å². The van der Waals surface area contributed by atoms with Gasteiger partial charge in [-0.2, -0.15) is 0 Å². The summed E-state index contributed by atoms with van der Waals surface area (Å²) in [6.07, 6.45) is 3.35. The Balaban J connectivity index is 1.83. The minimum absolute atomic E-state index is 0.262. The predicted molar refractivity (Wildman–Crippen MR) is 78.4 cm³/mol. The number of benzene rings is 1. The van der Waals surface area contributed by atoms with Crippen LogP contribution in [0, 0.1) is 6.92 Å². The topological polar surface area (TPSA) is 70.9 Å². The number of rotatable bonds is 3. The third kappa shape index (κ3) is 2.46. The Morgan fingerprint density at radius 2 is 2.30 bits per heavy atom. The second kappa shape index (κ2) is 5.13. The van der Waals surface area contributed by atoms with Crippen molar-refractivity contribution in [1.82, 2.24) is 15.3 Å². The Kier molecular flexibility index (Phi) is 3.31. The molecule has 0 saturated heterocycles. The van der Waals surface area contributed by atoms with Crippen molar-refractivity contribution in [3.63, 3.8) is 0 Å². The maximum absolute atomic E-state index is 12.0. The van der Waals surface area contributed by atoms with Crippen molar-refractivity contribution < 1.29 is 9.21 Å². The van der Waals surface area contributed by atoms with Crippen molar-refractivity contribution in [2.75, 3.05) is 0 Å². The number of H-pyrrole nitrogens is 1. The lowest BCUT2D eigenvalue weighted by Crippen LogP contribution is -2.22. The largest absolute Gasteiger partial charge is 0.450 e. The van der Waals surface area contributed by atoms with Gasteiger partial charge >= 0.3 is 0 Å². The molecule has 0 unspecified atom stereocenters. The van der Waals surface area contributed by atoms with Gasteiger partial charge in [0.05, 0.1) is 11.0 Å². The van der Waals surface area contributed by atoms with Crippen LogP contribution >= 0.6 is 15.9 Å². The first-order valence-electron chi connectivity index (χ1n) is 6.09. The summed E-state index contributed by atoms with van der Waals surface area (Å²) in [4.78, 5) is 19.0. The second-order valence-electron chi connectivity index (χ2n) is 4.49. The van der Waals surface area contributed by atoms with Crippen LogP contribution in [0.1, 0.15) is 21.9 Å². The molecule has 0 aliphatic heterocycles. The highest BCUT2D eigenvalue weighted by Gasteiger charge is 2.14. The van der Waals surface area contributed by atoms with Gasteiger partial charge in [0, 0.05) is 17.8 Å². The number of halogens is 1. The molecule has 102 valence electrons. The monoisotopic (exact) mass is 333 g/mol. The van der Waals surface area contributed by atoms with Gasteiger partial charge in [-0.25, -0.2) is 4.98 Å². The number of furan rings is 1. The highest BCUT2D eigenvalue weighted by molar-refractivity contribution is 9.10. The van der Waals surface area contributed by atoms with Crippen molar-refractivity contribution in [1.29, 1.82) is 0 Å². The summed E-state index contributed by atoms with van der Waals surface area (Å²) < 4.78 is 6.44. The third-order valence-corrected chi connectivity index (χ3v) is 3.50. The molecule has 5 nitrogen and oxygen atoms in total. The van der Waals surface area contributed by atoms with Crippen molar-refractivity contribution in [2.24, 2.45) is 0 Å². The van der Waals surface area contributed by atoms with Gasteiger partial charge in [0.2, 0.25) is 0 Å². The SMILES string of the molecule is Cc1cc(Br)c2oc(C(=O)NCc3ncc[nH]3)cc2c1. The predicted octanol–water partition coefficient (Wildman–Crippen LogP) is 3.16. The van der Waals surface area contributed by atoms with Gasteiger partial charge in [-0.15, -0.1) is 0 Å². The second-order valence-corrected chi connectivity index (χ2v) is 5.35. The molecular weight excluding hydrogens is 322 g/mol. The number of nitrogens with zero attached hydrogens (tertiary/aromatic N) is 1. The third-order valence-electron chi connectivity index (χ3n) is 2.91. The number of fused-ring (bicyclic) bond motifs is 1. The molecule has 0 radical (unpaired) electrons. The van der Waals surface area contributed by atoms with E-state index < -0.39 is 0 Å². The molecule has 2 heterocycles. The van der Waals surface area contributed by atoms with Gasteiger partial charge in [-0.3, -0.25) is 4.79 Å². The van der Waals surface area contributed by atoms with E-state index in [1.54, 1.807) is 18.5 Å². The van der Waals surface area contributed by atoms with Crippen LogP contribution in [0.25, 0.3) is 11.0 Å². The molecule has 0 aliphatic rings. The summed E-state index contributed by atoms with van der Waals surface area (Å²) in [5.74, 6) is 0.728. The van der Waals surface area contributed by atoms with E-state index in [-0.39, 0.29) is 11.7 Å². The maximum atomic E-state index is 12.0. The van der Waals surface area contributed by atoms with E-state index >= 15 is 0 Å². The zero-order valence-corrected chi connectivity index (χ0v) is 12.3. The standard InChI is InChI=1S/C14H12BrN3O2/c1-8-4-9-6-11(20-13(9)10(15)5-8)14(19)18-7-12-16-2-3-17-12/h2-6H,7H2,1H3,(H,16,17)(H,18,19). The van der Waals surface area contributed by atoms with Gasteiger partial charge in [-0.1, -0.05) is 0 Å². The van der Waals surface area contributed by atoms with Crippen LogP contribution in [0.3, 0.4) is 0 Å². The molecule has 0 fully saturated rings. The highest BCUT2D eigenvalue weighted by Crippen LogP contribution is 2.28. The van der Waals surface area contributed by atoms with Gasteiger partial charge in [0.1, 0.15) is 11.4 Å². The average molecular weight is 334 g/mol. The summed E-state index contributed by atoms with van der Waals surface area (Å²) >= 11 is 3.44. The minimum atomic E-state index is -0.262. The first-order chi connectivity index (χ1) is 9.63. The number of hydrogen-bond donors (Lipinski definition) is 2. The van der Waals surface area contributed by atoms with Crippen LogP contribution in [0.15, 0.2) is 39.5 Å². The summed E-state index contributed by atoms with van der Waals surface area (Å²) in [5.41, 5.74) is 1.78. The van der Waals surface area contributed by atoms with Gasteiger partial charge in [0.15, 0.2) is 5.76 Å². The van der Waals surface area contributed by atoms with Crippen molar-refractivity contribution in [3.05, 3.63) is 52.2 Å². The summed E-state index contributed by atoms with van der Waals surface area (Å²) in [6.45, 7) is 2.33. The molecule has 2 N–H and O–H groups in total. The van der Waals surface area contributed by atoms with Crippen LogP contribution in [-0.4, -0.2) is 15.9 Å². The van der Waals surface area contributed by atoms with E-state index in [0.717, 1.165) is 15.4 Å². The molecule has 2 aromatic heterocycles. The van der Waals surface area contributed by atoms with E-state index in [4.69, 9.17) is 4.42 Å². The maximum Gasteiger partial charge on any atom is 0.287 e. The molecule has 0 atom stereocenters. The number of carbonyl (C=O) groups excluding carboxylic acids is 1. The van der Waals surface area contributed by atoms with Gasteiger partial charge < -0.3 is 14.7 Å². The van der Waals surface area contributed by atoms with E-state index in [9.17, 15) is 4.79 Å². The lowest BCUT2D eigenvalue weighted by molar-refractivity contribution is 0.0924. The van der Waals surface area contributed by atoms with Crippen LogP contribution in [0.4, 0.5) is 0 Å². The Morgan fingerprint density at radius 3 is 3.05 bits per heavy atom. The highest BCUT2D eigenvalue weighted by atomic mass is 79.9. The van der Waals surface area contributed by atoms with Crippen molar-refractivity contribution in [2.45, 2.75) is 13.5 Å². The van der Waals surface area contributed by atoms with Gasteiger partial charge in [-0.05, 0) is 46.6 Å². The number of nitrogens with one attached hydrogen (secondary N) is 2. The summed E-state index contributed by atoms with van der Waals surface area (Å²) in [6, 6.07) is 5.67. The lowest BCUT2D eigenvalue weighted by atomic mass is 10.2. The van der Waals surface area contributed by atoms with E-state index in [0.29, 0.717) is 18.0 Å².